The highest BCUT2D eigenvalue weighted by atomic mass is 32.1. The van der Waals surface area contributed by atoms with Gasteiger partial charge >= 0.3 is 0 Å². The number of carbonyl (C=O) groups excluding carboxylic acids is 1. The van der Waals surface area contributed by atoms with E-state index in [1.165, 1.54) is 4.88 Å². The Morgan fingerprint density at radius 2 is 2.26 bits per heavy atom. The summed E-state index contributed by atoms with van der Waals surface area (Å²) in [6.07, 6.45) is 4.44. The Balaban J connectivity index is 1.88. The van der Waals surface area contributed by atoms with E-state index >= 15 is 0 Å². The summed E-state index contributed by atoms with van der Waals surface area (Å²) >= 11 is 1.74. The van der Waals surface area contributed by atoms with E-state index in [-0.39, 0.29) is 11.9 Å². The zero-order valence-corrected chi connectivity index (χ0v) is 15.0. The quantitative estimate of drug-likeness (QED) is 0.847. The number of likely N-dealkylation sites (N-methyl/N-ethyl adjacent to an activating group) is 1. The van der Waals surface area contributed by atoms with Crippen molar-refractivity contribution >= 4 is 17.2 Å². The highest BCUT2D eigenvalue weighted by Crippen LogP contribution is 2.28. The normalized spacial score (nSPS) is 12.4. The van der Waals surface area contributed by atoms with E-state index in [0.717, 1.165) is 22.7 Å². The van der Waals surface area contributed by atoms with Crippen molar-refractivity contribution in [2.45, 2.75) is 39.8 Å². The van der Waals surface area contributed by atoms with Crippen molar-refractivity contribution in [3.63, 3.8) is 0 Å². The molecule has 1 N–H and O–H groups in total. The van der Waals surface area contributed by atoms with Gasteiger partial charge in [-0.25, -0.2) is 4.98 Å². The topological polar surface area (TPSA) is 58.1 Å². The van der Waals surface area contributed by atoms with Crippen LogP contribution in [-0.4, -0.2) is 34.4 Å². The van der Waals surface area contributed by atoms with E-state index in [1.807, 2.05) is 26.1 Å². The van der Waals surface area contributed by atoms with E-state index in [2.05, 4.69) is 34.0 Å². The molecule has 0 aromatic carbocycles. The van der Waals surface area contributed by atoms with E-state index in [1.54, 1.807) is 23.7 Å². The van der Waals surface area contributed by atoms with Crippen molar-refractivity contribution in [2.24, 2.45) is 0 Å². The lowest BCUT2D eigenvalue weighted by Crippen LogP contribution is -2.36. The SMILES string of the molecule is CCc1nc(C)c([C@H](C)N(C)CC(=O)NCc2cccnc2)s1. The first kappa shape index (κ1) is 17.6. The van der Waals surface area contributed by atoms with Crippen LogP contribution in [0.15, 0.2) is 24.5 Å². The molecule has 2 heterocycles. The molecule has 0 spiro atoms. The Morgan fingerprint density at radius 1 is 1.48 bits per heavy atom. The van der Waals surface area contributed by atoms with E-state index in [9.17, 15) is 4.79 Å². The van der Waals surface area contributed by atoms with Crippen molar-refractivity contribution < 1.29 is 4.79 Å². The number of hydrogen-bond donors (Lipinski definition) is 1. The number of aromatic nitrogens is 2. The van der Waals surface area contributed by atoms with Crippen LogP contribution in [0.5, 0.6) is 0 Å². The fourth-order valence-electron chi connectivity index (χ4n) is 2.33. The smallest absolute Gasteiger partial charge is 0.234 e. The van der Waals surface area contributed by atoms with Crippen LogP contribution in [0.3, 0.4) is 0 Å². The van der Waals surface area contributed by atoms with Crippen LogP contribution in [0.2, 0.25) is 0 Å². The predicted molar refractivity (Wildman–Crippen MR) is 93.4 cm³/mol. The number of carbonyl (C=O) groups is 1. The monoisotopic (exact) mass is 332 g/mol. The Bertz CT molecular complexity index is 641. The number of pyridine rings is 1. The van der Waals surface area contributed by atoms with Crippen LogP contribution < -0.4 is 5.32 Å². The highest BCUT2D eigenvalue weighted by molar-refractivity contribution is 7.11. The van der Waals surface area contributed by atoms with Crippen molar-refractivity contribution in [1.82, 2.24) is 20.2 Å². The first-order valence-electron chi connectivity index (χ1n) is 7.83. The van der Waals surface area contributed by atoms with Gasteiger partial charge in [-0.1, -0.05) is 13.0 Å². The Kier molecular flexibility index (Phi) is 6.24. The van der Waals surface area contributed by atoms with Gasteiger partial charge in [0.15, 0.2) is 0 Å². The van der Waals surface area contributed by atoms with Gasteiger partial charge in [-0.2, -0.15) is 0 Å². The molecule has 0 fully saturated rings. The van der Waals surface area contributed by atoms with Crippen molar-refractivity contribution in [2.75, 3.05) is 13.6 Å². The number of hydrogen-bond acceptors (Lipinski definition) is 5. The fourth-order valence-corrected chi connectivity index (χ4v) is 3.45. The molecular formula is C17H24N4OS. The molecule has 0 saturated heterocycles. The first-order valence-corrected chi connectivity index (χ1v) is 8.65. The van der Waals surface area contributed by atoms with E-state index in [0.29, 0.717) is 13.1 Å². The maximum absolute atomic E-state index is 12.1. The lowest BCUT2D eigenvalue weighted by molar-refractivity contribution is -0.122. The number of nitrogens with zero attached hydrogens (tertiary/aromatic N) is 3. The van der Waals surface area contributed by atoms with Crippen LogP contribution in [0, 0.1) is 6.92 Å². The lowest BCUT2D eigenvalue weighted by atomic mass is 10.2. The Labute approximate surface area is 141 Å². The van der Waals surface area contributed by atoms with Gasteiger partial charge in [-0.15, -0.1) is 11.3 Å². The minimum absolute atomic E-state index is 0.0149. The first-order chi connectivity index (χ1) is 11.0. The molecule has 6 heteroatoms. The van der Waals surface area contributed by atoms with Crippen molar-refractivity contribution in [3.05, 3.63) is 45.7 Å². The standard InChI is InChI=1S/C17H24N4OS/c1-5-16-20-12(2)17(23-16)13(3)21(4)11-15(22)19-10-14-7-6-8-18-9-14/h6-9,13H,5,10-11H2,1-4H3,(H,19,22)/t13-/m0/s1. The van der Waals surface area contributed by atoms with E-state index < -0.39 is 0 Å². The summed E-state index contributed by atoms with van der Waals surface area (Å²) in [5, 5.41) is 4.09. The summed E-state index contributed by atoms with van der Waals surface area (Å²) in [6.45, 7) is 7.14. The number of rotatable bonds is 7. The molecule has 2 aromatic heterocycles. The molecule has 1 atom stereocenters. The summed E-state index contributed by atoms with van der Waals surface area (Å²) in [6, 6.07) is 4.00. The maximum atomic E-state index is 12.1. The second-order valence-electron chi connectivity index (χ2n) is 5.64. The second-order valence-corrected chi connectivity index (χ2v) is 6.76. The summed E-state index contributed by atoms with van der Waals surface area (Å²) in [4.78, 5) is 24.0. The van der Waals surface area contributed by atoms with Gasteiger partial charge in [0, 0.05) is 29.9 Å². The van der Waals surface area contributed by atoms with Crippen LogP contribution in [-0.2, 0) is 17.8 Å². The average Bonchev–Trinajstić information content (AvgIpc) is 2.94. The van der Waals surface area contributed by atoms with Gasteiger partial charge in [0.1, 0.15) is 0 Å². The van der Waals surface area contributed by atoms with Gasteiger partial charge in [0.2, 0.25) is 5.91 Å². The molecule has 124 valence electrons. The average molecular weight is 332 g/mol. The van der Waals surface area contributed by atoms with Crippen molar-refractivity contribution in [1.29, 1.82) is 0 Å². The summed E-state index contributed by atoms with van der Waals surface area (Å²) < 4.78 is 0. The van der Waals surface area contributed by atoms with E-state index in [4.69, 9.17) is 0 Å². The Morgan fingerprint density at radius 3 is 2.87 bits per heavy atom. The largest absolute Gasteiger partial charge is 0.351 e. The highest BCUT2D eigenvalue weighted by Gasteiger charge is 2.19. The zero-order valence-electron chi connectivity index (χ0n) is 14.2. The number of nitrogens with one attached hydrogen (secondary N) is 1. The molecule has 0 unspecified atom stereocenters. The molecule has 5 nitrogen and oxygen atoms in total. The van der Waals surface area contributed by atoms with Gasteiger partial charge in [-0.3, -0.25) is 14.7 Å². The third-order valence-electron chi connectivity index (χ3n) is 3.83. The fraction of sp³-hybridized carbons (Fsp3) is 0.471. The molecule has 1 amide bonds. The summed E-state index contributed by atoms with van der Waals surface area (Å²) in [7, 11) is 1.97. The maximum Gasteiger partial charge on any atom is 0.234 e. The van der Waals surface area contributed by atoms with Gasteiger partial charge < -0.3 is 5.32 Å². The summed E-state index contributed by atoms with van der Waals surface area (Å²) in [5.41, 5.74) is 2.07. The molecule has 0 aliphatic heterocycles. The molecule has 0 radical (unpaired) electrons. The number of aryl methyl sites for hydroxylation is 2. The second kappa shape index (κ2) is 8.17. The number of thiazole rings is 1. The number of amides is 1. The molecular weight excluding hydrogens is 308 g/mol. The molecule has 0 aliphatic rings. The third-order valence-corrected chi connectivity index (χ3v) is 5.30. The van der Waals surface area contributed by atoms with Crippen molar-refractivity contribution in [3.8, 4) is 0 Å². The van der Waals surface area contributed by atoms with Crippen LogP contribution in [0.1, 0.15) is 41.0 Å². The van der Waals surface area contributed by atoms with Crippen LogP contribution >= 0.6 is 11.3 Å². The van der Waals surface area contributed by atoms with Gasteiger partial charge in [-0.05, 0) is 38.9 Å². The minimum atomic E-state index is 0.0149. The molecule has 2 aromatic rings. The van der Waals surface area contributed by atoms with Gasteiger partial charge in [0.05, 0.1) is 17.2 Å². The minimum Gasteiger partial charge on any atom is -0.351 e. The van der Waals surface area contributed by atoms with Crippen LogP contribution in [0.4, 0.5) is 0 Å². The lowest BCUT2D eigenvalue weighted by Gasteiger charge is -2.23. The molecule has 0 aliphatic carbocycles. The van der Waals surface area contributed by atoms with Crippen LogP contribution in [0.25, 0.3) is 0 Å². The summed E-state index contributed by atoms with van der Waals surface area (Å²) in [5.74, 6) is 0.0149. The molecule has 2 rings (SSSR count). The molecule has 23 heavy (non-hydrogen) atoms. The molecule has 0 saturated carbocycles. The third kappa shape index (κ3) is 4.84. The van der Waals surface area contributed by atoms with Gasteiger partial charge in [0.25, 0.3) is 0 Å². The predicted octanol–water partition coefficient (Wildman–Crippen LogP) is 2.72. The zero-order chi connectivity index (χ0) is 16.8. The molecule has 0 bridgehead atoms. The Hall–Kier alpha value is -1.79.